The van der Waals surface area contributed by atoms with Crippen LogP contribution in [-0.4, -0.2) is 23.9 Å². The number of methoxy groups -OCH3 is 1. The monoisotopic (exact) mass is 546 g/mol. The molecule has 10 heteroatoms. The van der Waals surface area contributed by atoms with Crippen molar-refractivity contribution in [3.8, 4) is 11.5 Å². The second-order valence-electron chi connectivity index (χ2n) is 6.56. The highest BCUT2D eigenvalue weighted by molar-refractivity contribution is 14.1. The second-order valence-corrected chi connectivity index (χ2v) is 7.73. The number of halogens is 1. The molecule has 1 aliphatic heterocycles. The highest BCUT2D eigenvalue weighted by Crippen LogP contribution is 2.35. The van der Waals surface area contributed by atoms with E-state index >= 15 is 0 Å². The highest BCUT2D eigenvalue weighted by atomic mass is 127. The van der Waals surface area contributed by atoms with Crippen molar-refractivity contribution in [3.05, 3.63) is 91.1 Å². The van der Waals surface area contributed by atoms with E-state index in [1.807, 2.05) is 0 Å². The molecule has 2 aromatic carbocycles. The molecule has 1 aromatic heterocycles. The first-order valence-electron chi connectivity index (χ1n) is 9.24. The fraction of sp³-hybridized carbons (Fsp3) is 0.0909. The molecule has 0 saturated carbocycles. The van der Waals surface area contributed by atoms with E-state index in [4.69, 9.17) is 18.6 Å². The number of furan rings is 1. The largest absolute Gasteiger partial charge is 0.493 e. The predicted molar refractivity (Wildman–Crippen MR) is 122 cm³/mol. The number of rotatable bonds is 7. The molecule has 0 N–H and O–H groups in total. The number of nitrogens with zero attached hydrogens (tertiary/aromatic N) is 2. The molecule has 1 aliphatic rings. The van der Waals surface area contributed by atoms with Gasteiger partial charge in [0.1, 0.15) is 6.61 Å². The predicted octanol–water partition coefficient (Wildman–Crippen LogP) is 4.72. The van der Waals surface area contributed by atoms with E-state index < -0.39 is 10.9 Å². The van der Waals surface area contributed by atoms with Crippen LogP contribution in [-0.2, 0) is 16.1 Å². The van der Waals surface area contributed by atoms with Gasteiger partial charge >= 0.3 is 5.97 Å². The van der Waals surface area contributed by atoms with Crippen molar-refractivity contribution in [2.45, 2.75) is 6.61 Å². The van der Waals surface area contributed by atoms with Gasteiger partial charge in [0.2, 0.25) is 0 Å². The van der Waals surface area contributed by atoms with Crippen molar-refractivity contribution in [1.82, 2.24) is 0 Å². The van der Waals surface area contributed by atoms with Gasteiger partial charge in [0, 0.05) is 12.1 Å². The molecule has 32 heavy (non-hydrogen) atoms. The Balaban J connectivity index is 1.57. The number of nitro benzene ring substituents is 1. The maximum atomic E-state index is 12.2. The first-order chi connectivity index (χ1) is 15.4. The number of carbonyl (C=O) groups excluding carboxylic acids is 1. The number of nitro groups is 1. The topological polar surface area (TPSA) is 113 Å². The number of hydrogen-bond acceptors (Lipinski definition) is 8. The Labute approximate surface area is 195 Å². The van der Waals surface area contributed by atoms with Crippen LogP contribution >= 0.6 is 22.6 Å². The Morgan fingerprint density at radius 3 is 2.78 bits per heavy atom. The molecular formula is C22H15IN2O7. The molecule has 2 heterocycles. The molecule has 0 spiro atoms. The minimum Gasteiger partial charge on any atom is -0.493 e. The number of carbonyl (C=O) groups is 1. The summed E-state index contributed by atoms with van der Waals surface area (Å²) >= 11 is 2.09. The van der Waals surface area contributed by atoms with E-state index in [-0.39, 0.29) is 23.9 Å². The standard InChI is InChI=1S/C22H15IN2O7/c1-29-19-11-14(10-17-22(26)32-21(24-17)18-6-3-7-30-18)9-16(23)20(19)31-12-13-4-2-5-15(8-13)25(27)28/h2-11H,12H2,1H3/b17-10-. The van der Waals surface area contributed by atoms with E-state index in [0.717, 1.165) is 3.57 Å². The maximum absolute atomic E-state index is 12.2. The fourth-order valence-corrected chi connectivity index (χ4v) is 3.73. The summed E-state index contributed by atoms with van der Waals surface area (Å²) < 4.78 is 22.4. The number of esters is 1. The lowest BCUT2D eigenvalue weighted by atomic mass is 10.1. The molecule has 4 rings (SSSR count). The summed E-state index contributed by atoms with van der Waals surface area (Å²) in [5, 5.41) is 11.0. The van der Waals surface area contributed by atoms with E-state index in [2.05, 4.69) is 27.6 Å². The number of benzene rings is 2. The van der Waals surface area contributed by atoms with Crippen molar-refractivity contribution in [3.63, 3.8) is 0 Å². The first-order valence-corrected chi connectivity index (χ1v) is 10.3. The molecule has 9 nitrogen and oxygen atoms in total. The zero-order chi connectivity index (χ0) is 22.7. The Bertz CT molecular complexity index is 1250. The second kappa shape index (κ2) is 9.22. The Morgan fingerprint density at radius 1 is 1.22 bits per heavy atom. The zero-order valence-electron chi connectivity index (χ0n) is 16.6. The summed E-state index contributed by atoms with van der Waals surface area (Å²) in [4.78, 5) is 26.9. The van der Waals surface area contributed by atoms with Crippen LogP contribution in [0.2, 0.25) is 0 Å². The third-order valence-corrected chi connectivity index (χ3v) is 5.21. The summed E-state index contributed by atoms with van der Waals surface area (Å²) in [6, 6.07) is 13.0. The minimum atomic E-state index is -0.587. The van der Waals surface area contributed by atoms with Gasteiger partial charge in [0.25, 0.3) is 11.6 Å². The molecule has 0 amide bonds. The average molecular weight is 546 g/mol. The van der Waals surface area contributed by atoms with E-state index in [1.54, 1.807) is 42.5 Å². The quantitative estimate of drug-likeness (QED) is 0.139. The van der Waals surface area contributed by atoms with Crippen molar-refractivity contribution >= 4 is 46.2 Å². The SMILES string of the molecule is COc1cc(/C=C2\N=C(c3ccco3)OC2=O)cc(I)c1OCc1cccc([N+](=O)[O-])c1. The van der Waals surface area contributed by atoms with Gasteiger partial charge in [0.15, 0.2) is 23.0 Å². The molecule has 162 valence electrons. The third-order valence-electron chi connectivity index (χ3n) is 4.41. The fourth-order valence-electron chi connectivity index (χ4n) is 2.95. The van der Waals surface area contributed by atoms with Crippen LogP contribution in [0.3, 0.4) is 0 Å². The van der Waals surface area contributed by atoms with Crippen molar-refractivity contribution in [1.29, 1.82) is 0 Å². The Kier molecular flexibility index (Phi) is 6.21. The smallest absolute Gasteiger partial charge is 0.363 e. The third kappa shape index (κ3) is 4.64. The number of ether oxygens (including phenoxy) is 3. The summed E-state index contributed by atoms with van der Waals surface area (Å²) in [5.41, 5.74) is 1.43. The number of aliphatic imine (C=N–C) groups is 1. The van der Waals surface area contributed by atoms with Crippen LogP contribution < -0.4 is 9.47 Å². The highest BCUT2D eigenvalue weighted by Gasteiger charge is 2.26. The van der Waals surface area contributed by atoms with E-state index in [1.165, 1.54) is 25.5 Å². The van der Waals surface area contributed by atoms with Crippen LogP contribution in [0.4, 0.5) is 5.69 Å². The molecule has 0 fully saturated rings. The van der Waals surface area contributed by atoms with Crippen molar-refractivity contribution < 1.29 is 28.3 Å². The lowest BCUT2D eigenvalue weighted by Crippen LogP contribution is -2.04. The molecule has 0 unspecified atom stereocenters. The molecule has 0 aliphatic carbocycles. The van der Waals surface area contributed by atoms with Crippen LogP contribution in [0.15, 0.2) is 69.9 Å². The van der Waals surface area contributed by atoms with E-state index in [0.29, 0.717) is 28.4 Å². The van der Waals surface area contributed by atoms with Gasteiger partial charge in [-0.25, -0.2) is 9.79 Å². The van der Waals surface area contributed by atoms with Gasteiger partial charge in [-0.05, 0) is 64.1 Å². The first kappa shape index (κ1) is 21.6. The molecule has 0 atom stereocenters. The summed E-state index contributed by atoms with van der Waals surface area (Å²) in [5.74, 6) is 0.798. The summed E-state index contributed by atoms with van der Waals surface area (Å²) in [6.07, 6.45) is 3.04. The Morgan fingerprint density at radius 2 is 2.06 bits per heavy atom. The molecule has 0 radical (unpaired) electrons. The van der Waals surface area contributed by atoms with Gasteiger partial charge < -0.3 is 18.6 Å². The van der Waals surface area contributed by atoms with Crippen molar-refractivity contribution in [2.24, 2.45) is 4.99 Å². The van der Waals surface area contributed by atoms with Gasteiger partial charge in [-0.15, -0.1) is 0 Å². The number of cyclic esters (lactones) is 1. The van der Waals surface area contributed by atoms with Crippen molar-refractivity contribution in [2.75, 3.05) is 7.11 Å². The number of hydrogen-bond donors (Lipinski definition) is 0. The van der Waals surface area contributed by atoms with Gasteiger partial charge in [-0.1, -0.05) is 12.1 Å². The Hall–Kier alpha value is -3.67. The van der Waals surface area contributed by atoms with Gasteiger partial charge in [0.05, 0.1) is 21.9 Å². The zero-order valence-corrected chi connectivity index (χ0v) is 18.8. The van der Waals surface area contributed by atoms with Gasteiger partial charge in [-0.3, -0.25) is 10.1 Å². The summed E-state index contributed by atoms with van der Waals surface area (Å²) in [7, 11) is 1.50. The maximum Gasteiger partial charge on any atom is 0.363 e. The summed E-state index contributed by atoms with van der Waals surface area (Å²) in [6.45, 7) is 0.123. The minimum absolute atomic E-state index is 0.00680. The van der Waals surface area contributed by atoms with Crippen LogP contribution in [0.1, 0.15) is 16.9 Å². The average Bonchev–Trinajstić information content (AvgIpc) is 3.43. The molecule has 0 saturated heterocycles. The van der Waals surface area contributed by atoms with Gasteiger partial charge in [-0.2, -0.15) is 0 Å². The van der Waals surface area contributed by atoms with Crippen LogP contribution in [0, 0.1) is 13.7 Å². The number of non-ortho nitro benzene ring substituents is 1. The van der Waals surface area contributed by atoms with E-state index in [9.17, 15) is 14.9 Å². The molecular weight excluding hydrogens is 531 g/mol. The van der Waals surface area contributed by atoms with Crippen LogP contribution in [0.25, 0.3) is 6.08 Å². The van der Waals surface area contributed by atoms with Crippen LogP contribution in [0.5, 0.6) is 11.5 Å². The molecule has 3 aromatic rings. The molecule has 0 bridgehead atoms. The lowest BCUT2D eigenvalue weighted by molar-refractivity contribution is -0.384. The lowest BCUT2D eigenvalue weighted by Gasteiger charge is -2.13. The normalized spacial score (nSPS) is 14.2.